The summed E-state index contributed by atoms with van der Waals surface area (Å²) in [5.41, 5.74) is 4.19. The maximum atomic E-state index is 12.1. The molecule has 5 rings (SSSR count). The van der Waals surface area contributed by atoms with E-state index in [9.17, 15) is 4.79 Å². The first-order valence-electron chi connectivity index (χ1n) is 9.46. The Balaban J connectivity index is 1.40. The monoisotopic (exact) mass is 346 g/mol. The first-order chi connectivity index (χ1) is 12.8. The van der Waals surface area contributed by atoms with Crippen LogP contribution in [0, 0.1) is 5.92 Å². The fraction of sp³-hybridized carbons (Fsp3) is 0.381. The van der Waals surface area contributed by atoms with Gasteiger partial charge in [0.05, 0.1) is 12.1 Å². The Labute approximate surface area is 152 Å². The van der Waals surface area contributed by atoms with Gasteiger partial charge in [0, 0.05) is 24.1 Å². The van der Waals surface area contributed by atoms with Gasteiger partial charge in [-0.1, -0.05) is 30.3 Å². The second-order valence-corrected chi connectivity index (χ2v) is 7.48. The van der Waals surface area contributed by atoms with Gasteiger partial charge in [-0.2, -0.15) is 5.10 Å². The molecule has 5 heteroatoms. The lowest BCUT2D eigenvalue weighted by molar-refractivity contribution is -0.119. The van der Waals surface area contributed by atoms with E-state index in [4.69, 9.17) is 0 Å². The fourth-order valence-electron chi connectivity index (χ4n) is 3.29. The molecule has 2 heterocycles. The highest BCUT2D eigenvalue weighted by molar-refractivity contribution is 5.84. The number of fused-ring (bicyclic) bond motifs is 1. The van der Waals surface area contributed by atoms with Crippen LogP contribution in [0.5, 0.6) is 0 Å². The summed E-state index contributed by atoms with van der Waals surface area (Å²) >= 11 is 0. The summed E-state index contributed by atoms with van der Waals surface area (Å²) < 4.78 is 1.85. The Hall–Kier alpha value is -2.53. The lowest BCUT2D eigenvalue weighted by Gasteiger charge is -2.07. The van der Waals surface area contributed by atoms with E-state index in [1.807, 2.05) is 22.7 Å². The summed E-state index contributed by atoms with van der Waals surface area (Å²) in [5, 5.41) is 8.14. The number of nitrogens with one attached hydrogen (secondary N) is 1. The molecule has 0 aliphatic heterocycles. The summed E-state index contributed by atoms with van der Waals surface area (Å²) in [6, 6.07) is 15.3. The van der Waals surface area contributed by atoms with Crippen molar-refractivity contribution in [2.75, 3.05) is 0 Å². The molecule has 2 fully saturated rings. The predicted octanol–water partition coefficient (Wildman–Crippen LogP) is 3.17. The third-order valence-corrected chi connectivity index (χ3v) is 5.19. The van der Waals surface area contributed by atoms with Crippen LogP contribution in [-0.4, -0.2) is 26.4 Å². The third-order valence-electron chi connectivity index (χ3n) is 5.19. The number of Topliss-reactive ketones (excluding diaryl/α,β-unsaturated/α-hetero) is 1. The molecule has 132 valence electrons. The summed E-state index contributed by atoms with van der Waals surface area (Å²) in [6.07, 6.45) is 5.01. The zero-order chi connectivity index (χ0) is 17.5. The standard InChI is InChI=1S/C21H22N4O/c26-19(16-8-9-16)12-20-23-21-3-1-2-18(25(21)24-20)15-6-4-14(5-7-15)13-22-17-10-11-17/h1-7,16-17,22H,8-13H2. The summed E-state index contributed by atoms with van der Waals surface area (Å²) in [7, 11) is 0. The number of carbonyl (C=O) groups excluding carboxylic acids is 1. The van der Waals surface area contributed by atoms with Crippen LogP contribution < -0.4 is 5.32 Å². The van der Waals surface area contributed by atoms with Crippen molar-refractivity contribution in [3.63, 3.8) is 0 Å². The minimum absolute atomic E-state index is 0.248. The quantitative estimate of drug-likeness (QED) is 0.714. The van der Waals surface area contributed by atoms with Crippen LogP contribution in [0.4, 0.5) is 0 Å². The molecule has 2 saturated carbocycles. The highest BCUT2D eigenvalue weighted by Gasteiger charge is 2.30. The van der Waals surface area contributed by atoms with E-state index in [1.54, 1.807) is 0 Å². The number of hydrogen-bond acceptors (Lipinski definition) is 4. The average molecular weight is 346 g/mol. The summed E-state index contributed by atoms with van der Waals surface area (Å²) in [6.45, 7) is 0.923. The van der Waals surface area contributed by atoms with E-state index in [0.717, 1.165) is 42.3 Å². The number of pyridine rings is 1. The second kappa shape index (κ2) is 6.32. The first-order valence-corrected chi connectivity index (χ1v) is 9.46. The summed E-state index contributed by atoms with van der Waals surface area (Å²) in [4.78, 5) is 16.6. The molecule has 0 saturated heterocycles. The van der Waals surface area contributed by atoms with Gasteiger partial charge in [0.25, 0.3) is 0 Å². The van der Waals surface area contributed by atoms with Gasteiger partial charge < -0.3 is 5.32 Å². The Morgan fingerprint density at radius 3 is 2.62 bits per heavy atom. The van der Waals surface area contributed by atoms with Crippen molar-refractivity contribution in [1.29, 1.82) is 0 Å². The topological polar surface area (TPSA) is 59.3 Å². The van der Waals surface area contributed by atoms with Crippen LogP contribution in [0.2, 0.25) is 0 Å². The minimum atomic E-state index is 0.248. The van der Waals surface area contributed by atoms with E-state index in [0.29, 0.717) is 12.2 Å². The van der Waals surface area contributed by atoms with Crippen LogP contribution in [-0.2, 0) is 17.8 Å². The van der Waals surface area contributed by atoms with Gasteiger partial charge in [-0.05, 0) is 43.4 Å². The molecule has 26 heavy (non-hydrogen) atoms. The lowest BCUT2D eigenvalue weighted by Crippen LogP contribution is -2.15. The van der Waals surface area contributed by atoms with Crippen molar-refractivity contribution in [3.8, 4) is 11.3 Å². The van der Waals surface area contributed by atoms with Crippen LogP contribution in [0.25, 0.3) is 16.9 Å². The Bertz CT molecular complexity index is 952. The SMILES string of the molecule is O=C(Cc1nc2cccc(-c3ccc(CNC4CC4)cc3)n2n1)C1CC1. The Morgan fingerprint density at radius 2 is 1.88 bits per heavy atom. The van der Waals surface area contributed by atoms with Crippen molar-refractivity contribution in [3.05, 3.63) is 53.9 Å². The average Bonchev–Trinajstić information content (AvgIpc) is 3.57. The van der Waals surface area contributed by atoms with Crippen LogP contribution in [0.15, 0.2) is 42.5 Å². The van der Waals surface area contributed by atoms with E-state index in [1.165, 1.54) is 18.4 Å². The van der Waals surface area contributed by atoms with Gasteiger partial charge in [-0.3, -0.25) is 4.79 Å². The molecular formula is C21H22N4O. The minimum Gasteiger partial charge on any atom is -0.310 e. The molecule has 0 spiro atoms. The predicted molar refractivity (Wildman–Crippen MR) is 99.7 cm³/mol. The smallest absolute Gasteiger partial charge is 0.159 e. The van der Waals surface area contributed by atoms with Gasteiger partial charge in [-0.15, -0.1) is 0 Å². The lowest BCUT2D eigenvalue weighted by atomic mass is 10.1. The molecule has 0 atom stereocenters. The molecule has 0 radical (unpaired) electrons. The van der Waals surface area contributed by atoms with E-state index in [-0.39, 0.29) is 11.7 Å². The number of aromatic nitrogens is 3. The molecule has 1 N–H and O–H groups in total. The molecule has 0 unspecified atom stereocenters. The number of rotatable bonds is 7. The van der Waals surface area contributed by atoms with Crippen LogP contribution in [0.3, 0.4) is 0 Å². The molecule has 2 aromatic heterocycles. The number of ketones is 1. The van der Waals surface area contributed by atoms with E-state index >= 15 is 0 Å². The number of carbonyl (C=O) groups is 1. The van der Waals surface area contributed by atoms with Crippen molar-refractivity contribution >= 4 is 11.4 Å². The van der Waals surface area contributed by atoms with Crippen molar-refractivity contribution in [2.24, 2.45) is 5.92 Å². The maximum absolute atomic E-state index is 12.1. The van der Waals surface area contributed by atoms with Gasteiger partial charge in [0.2, 0.25) is 0 Å². The van der Waals surface area contributed by atoms with Crippen molar-refractivity contribution in [2.45, 2.75) is 44.7 Å². The molecule has 0 bridgehead atoms. The number of nitrogens with zero attached hydrogens (tertiary/aromatic N) is 3. The first kappa shape index (κ1) is 15.7. The van der Waals surface area contributed by atoms with E-state index in [2.05, 4.69) is 39.7 Å². The molecular weight excluding hydrogens is 324 g/mol. The van der Waals surface area contributed by atoms with Gasteiger partial charge in [0.1, 0.15) is 5.78 Å². The summed E-state index contributed by atoms with van der Waals surface area (Å²) in [5.74, 6) is 1.15. The largest absolute Gasteiger partial charge is 0.310 e. The number of benzene rings is 1. The van der Waals surface area contributed by atoms with E-state index < -0.39 is 0 Å². The molecule has 1 aromatic carbocycles. The Kier molecular flexibility index (Phi) is 3.82. The molecule has 2 aliphatic rings. The molecule has 5 nitrogen and oxygen atoms in total. The van der Waals surface area contributed by atoms with Gasteiger partial charge in [-0.25, -0.2) is 9.50 Å². The normalized spacial score (nSPS) is 16.9. The maximum Gasteiger partial charge on any atom is 0.159 e. The fourth-order valence-corrected chi connectivity index (χ4v) is 3.29. The van der Waals surface area contributed by atoms with Crippen LogP contribution in [0.1, 0.15) is 37.1 Å². The van der Waals surface area contributed by atoms with Crippen molar-refractivity contribution in [1.82, 2.24) is 19.9 Å². The van der Waals surface area contributed by atoms with Gasteiger partial charge >= 0.3 is 0 Å². The third kappa shape index (κ3) is 3.27. The molecule has 0 amide bonds. The zero-order valence-electron chi connectivity index (χ0n) is 14.7. The molecule has 3 aromatic rings. The second-order valence-electron chi connectivity index (χ2n) is 7.48. The molecule has 2 aliphatic carbocycles. The van der Waals surface area contributed by atoms with Crippen molar-refractivity contribution < 1.29 is 4.79 Å². The number of hydrogen-bond donors (Lipinski definition) is 1. The van der Waals surface area contributed by atoms with Gasteiger partial charge in [0.15, 0.2) is 11.5 Å². The highest BCUT2D eigenvalue weighted by Crippen LogP contribution is 2.30. The zero-order valence-corrected chi connectivity index (χ0v) is 14.7. The Morgan fingerprint density at radius 1 is 1.08 bits per heavy atom. The highest BCUT2D eigenvalue weighted by atomic mass is 16.1. The van der Waals surface area contributed by atoms with Crippen LogP contribution >= 0.6 is 0 Å².